The quantitative estimate of drug-likeness (QED) is 0.450. The zero-order chi connectivity index (χ0) is 19.1. The molecule has 0 saturated heterocycles. The largest absolute Gasteiger partial charge is 0.423 e. The van der Waals surface area contributed by atoms with Gasteiger partial charge in [0, 0.05) is 11.6 Å². The number of ether oxygens (including phenoxy) is 3. The van der Waals surface area contributed by atoms with Gasteiger partial charge in [-0.25, -0.2) is 14.4 Å². The first-order valence-corrected chi connectivity index (χ1v) is 7.53. The van der Waals surface area contributed by atoms with Crippen LogP contribution in [0.25, 0.3) is 0 Å². The fourth-order valence-electron chi connectivity index (χ4n) is 1.75. The minimum Gasteiger partial charge on any atom is -0.423 e. The first-order chi connectivity index (χ1) is 12.4. The van der Waals surface area contributed by atoms with Crippen molar-refractivity contribution in [3.05, 3.63) is 78.9 Å². The first kappa shape index (κ1) is 18.7. The molecule has 0 heterocycles. The van der Waals surface area contributed by atoms with Gasteiger partial charge in [-0.15, -0.1) is 0 Å². The second-order valence-electron chi connectivity index (χ2n) is 5.18. The number of carbonyl (C=O) groups is 3. The molecule has 6 heteroatoms. The molecule has 0 aliphatic heterocycles. The molecule has 2 rings (SSSR count). The van der Waals surface area contributed by atoms with Gasteiger partial charge in [0.15, 0.2) is 0 Å². The first-order valence-electron chi connectivity index (χ1n) is 7.53. The van der Waals surface area contributed by atoms with E-state index in [0.29, 0.717) is 5.75 Å². The molecular formula is C20H16O6. The van der Waals surface area contributed by atoms with E-state index in [1.807, 2.05) is 0 Å². The second kappa shape index (κ2) is 8.43. The van der Waals surface area contributed by atoms with Crippen molar-refractivity contribution in [1.82, 2.24) is 0 Å². The normalized spacial score (nSPS) is 9.73. The van der Waals surface area contributed by atoms with E-state index in [2.05, 4.69) is 13.2 Å². The van der Waals surface area contributed by atoms with Gasteiger partial charge in [0.25, 0.3) is 0 Å². The highest BCUT2D eigenvalue weighted by Gasteiger charge is 2.10. The number of rotatable bonds is 6. The van der Waals surface area contributed by atoms with E-state index in [1.54, 1.807) is 6.92 Å². The third-order valence-electron chi connectivity index (χ3n) is 3.07. The van der Waals surface area contributed by atoms with Gasteiger partial charge in [-0.3, -0.25) is 0 Å². The number of carbonyl (C=O) groups excluding carboxylic acids is 3. The SMILES string of the molecule is C=CC(=O)Oc1ccc(C(=O)Oc2ccc(OC(=O)C(=C)C)cc2)cc1. The van der Waals surface area contributed by atoms with E-state index in [9.17, 15) is 14.4 Å². The Hall–Kier alpha value is -3.67. The zero-order valence-corrected chi connectivity index (χ0v) is 14.1. The summed E-state index contributed by atoms with van der Waals surface area (Å²) in [6.07, 6.45) is 1.04. The van der Waals surface area contributed by atoms with Gasteiger partial charge in [-0.2, -0.15) is 0 Å². The van der Waals surface area contributed by atoms with E-state index in [0.717, 1.165) is 6.08 Å². The number of benzene rings is 2. The molecule has 0 fully saturated rings. The van der Waals surface area contributed by atoms with Crippen molar-refractivity contribution >= 4 is 17.9 Å². The lowest BCUT2D eigenvalue weighted by Gasteiger charge is -2.07. The van der Waals surface area contributed by atoms with E-state index in [-0.39, 0.29) is 22.6 Å². The average Bonchev–Trinajstić information content (AvgIpc) is 2.63. The second-order valence-corrected chi connectivity index (χ2v) is 5.18. The van der Waals surface area contributed by atoms with Gasteiger partial charge in [0.1, 0.15) is 17.2 Å². The fraction of sp³-hybridized carbons (Fsp3) is 0.0500. The molecule has 0 aliphatic rings. The predicted octanol–water partition coefficient (Wildman–Crippen LogP) is 3.48. The summed E-state index contributed by atoms with van der Waals surface area (Å²) in [7, 11) is 0. The third-order valence-corrected chi connectivity index (χ3v) is 3.07. The van der Waals surface area contributed by atoms with Crippen LogP contribution >= 0.6 is 0 Å². The monoisotopic (exact) mass is 352 g/mol. The molecule has 2 aromatic rings. The topological polar surface area (TPSA) is 78.9 Å². The van der Waals surface area contributed by atoms with Crippen LogP contribution in [0.4, 0.5) is 0 Å². The molecule has 6 nitrogen and oxygen atoms in total. The summed E-state index contributed by atoms with van der Waals surface area (Å²) < 4.78 is 15.2. The molecule has 26 heavy (non-hydrogen) atoms. The number of hydrogen-bond acceptors (Lipinski definition) is 6. The molecule has 0 spiro atoms. The van der Waals surface area contributed by atoms with Crippen LogP contribution in [-0.2, 0) is 9.59 Å². The smallest absolute Gasteiger partial charge is 0.343 e. The van der Waals surface area contributed by atoms with Crippen LogP contribution < -0.4 is 14.2 Å². The van der Waals surface area contributed by atoms with Crippen LogP contribution in [0, 0.1) is 0 Å². The summed E-state index contributed by atoms with van der Waals surface area (Å²) in [6, 6.07) is 11.9. The maximum Gasteiger partial charge on any atom is 0.343 e. The number of hydrogen-bond donors (Lipinski definition) is 0. The van der Waals surface area contributed by atoms with Crippen LogP contribution in [0.3, 0.4) is 0 Å². The molecule has 0 bridgehead atoms. The predicted molar refractivity (Wildman–Crippen MR) is 94.1 cm³/mol. The molecule has 0 radical (unpaired) electrons. The highest BCUT2D eigenvalue weighted by Crippen LogP contribution is 2.20. The molecular weight excluding hydrogens is 336 g/mol. The maximum atomic E-state index is 12.1. The van der Waals surface area contributed by atoms with Crippen LogP contribution in [0.1, 0.15) is 17.3 Å². The lowest BCUT2D eigenvalue weighted by Crippen LogP contribution is -2.10. The summed E-state index contributed by atoms with van der Waals surface area (Å²) in [5.41, 5.74) is 0.559. The van der Waals surface area contributed by atoms with Crippen molar-refractivity contribution in [2.45, 2.75) is 6.92 Å². The fourth-order valence-corrected chi connectivity index (χ4v) is 1.75. The Labute approximate surface area is 150 Å². The maximum absolute atomic E-state index is 12.1. The average molecular weight is 352 g/mol. The van der Waals surface area contributed by atoms with Gasteiger partial charge < -0.3 is 14.2 Å². The Bertz CT molecular complexity index is 847. The van der Waals surface area contributed by atoms with Crippen molar-refractivity contribution in [3.63, 3.8) is 0 Å². The summed E-state index contributed by atoms with van der Waals surface area (Å²) in [5.74, 6) is -0.827. The van der Waals surface area contributed by atoms with E-state index < -0.39 is 17.9 Å². The zero-order valence-electron chi connectivity index (χ0n) is 14.1. The van der Waals surface area contributed by atoms with Crippen molar-refractivity contribution in [3.8, 4) is 17.2 Å². The van der Waals surface area contributed by atoms with Crippen LogP contribution in [0.2, 0.25) is 0 Å². The summed E-state index contributed by atoms with van der Waals surface area (Å²) in [5, 5.41) is 0. The molecule has 0 saturated carbocycles. The molecule has 0 amide bonds. The molecule has 0 N–H and O–H groups in total. The van der Waals surface area contributed by atoms with Gasteiger partial charge in [0.2, 0.25) is 0 Å². The third kappa shape index (κ3) is 5.17. The molecule has 0 aromatic heterocycles. The van der Waals surface area contributed by atoms with Gasteiger partial charge in [-0.05, 0) is 55.5 Å². The minimum absolute atomic E-state index is 0.279. The molecule has 2 aromatic carbocycles. The Morgan fingerprint density at radius 2 is 1.27 bits per heavy atom. The lowest BCUT2D eigenvalue weighted by atomic mass is 10.2. The minimum atomic E-state index is -0.590. The standard InChI is InChI=1S/C20H16O6/c1-4-18(21)24-15-7-5-14(6-8-15)20(23)26-17-11-9-16(10-12-17)25-19(22)13(2)3/h4-12H,1-2H2,3H3. The van der Waals surface area contributed by atoms with Crippen molar-refractivity contribution in [2.24, 2.45) is 0 Å². The molecule has 0 aliphatic carbocycles. The van der Waals surface area contributed by atoms with E-state index in [1.165, 1.54) is 48.5 Å². The van der Waals surface area contributed by atoms with Gasteiger partial charge in [-0.1, -0.05) is 13.2 Å². The van der Waals surface area contributed by atoms with E-state index in [4.69, 9.17) is 14.2 Å². The molecule has 132 valence electrons. The summed E-state index contributed by atoms with van der Waals surface area (Å²) in [4.78, 5) is 34.6. The molecule has 0 unspecified atom stereocenters. The van der Waals surface area contributed by atoms with Crippen molar-refractivity contribution in [1.29, 1.82) is 0 Å². The summed E-state index contributed by atoms with van der Waals surface area (Å²) >= 11 is 0. The van der Waals surface area contributed by atoms with Gasteiger partial charge >= 0.3 is 17.9 Å². The Morgan fingerprint density at radius 1 is 0.808 bits per heavy atom. The van der Waals surface area contributed by atoms with Gasteiger partial charge in [0.05, 0.1) is 5.56 Å². The lowest BCUT2D eigenvalue weighted by molar-refractivity contribution is -0.130. The molecule has 0 atom stereocenters. The summed E-state index contributed by atoms with van der Waals surface area (Å²) in [6.45, 7) is 8.34. The van der Waals surface area contributed by atoms with Crippen LogP contribution in [0.15, 0.2) is 73.3 Å². The Balaban J connectivity index is 1.98. The van der Waals surface area contributed by atoms with Crippen molar-refractivity contribution in [2.75, 3.05) is 0 Å². The van der Waals surface area contributed by atoms with Crippen LogP contribution in [-0.4, -0.2) is 17.9 Å². The Kier molecular flexibility index (Phi) is 6.06. The van der Waals surface area contributed by atoms with Crippen LogP contribution in [0.5, 0.6) is 17.2 Å². The van der Waals surface area contributed by atoms with Crippen molar-refractivity contribution < 1.29 is 28.6 Å². The Morgan fingerprint density at radius 3 is 1.77 bits per heavy atom. The highest BCUT2D eigenvalue weighted by molar-refractivity contribution is 5.91. The van der Waals surface area contributed by atoms with E-state index >= 15 is 0 Å². The highest BCUT2D eigenvalue weighted by atomic mass is 16.5. The number of esters is 3.